The van der Waals surface area contributed by atoms with Crippen molar-refractivity contribution in [2.75, 3.05) is 6.61 Å². The lowest BCUT2D eigenvalue weighted by Crippen LogP contribution is -2.65. The molecule has 0 spiro atoms. The Hall–Kier alpha value is -0.900. The predicted octanol–water partition coefficient (Wildman–Crippen LogP) is 1.68. The van der Waals surface area contributed by atoms with Crippen molar-refractivity contribution in [1.82, 2.24) is 0 Å². The van der Waals surface area contributed by atoms with E-state index in [1.807, 2.05) is 51.1 Å². The maximum absolute atomic E-state index is 10.3. The van der Waals surface area contributed by atoms with Crippen LogP contribution >= 0.6 is 0 Å². The predicted molar refractivity (Wildman–Crippen MR) is 65.5 cm³/mol. The van der Waals surface area contributed by atoms with Crippen LogP contribution in [0.5, 0.6) is 0 Å². The van der Waals surface area contributed by atoms with Crippen molar-refractivity contribution in [1.29, 1.82) is 0 Å². The second kappa shape index (κ2) is 4.09. The van der Waals surface area contributed by atoms with Crippen LogP contribution in [-0.2, 0) is 10.3 Å². The highest BCUT2D eigenvalue weighted by molar-refractivity contribution is 5.27. The lowest BCUT2D eigenvalue weighted by molar-refractivity contribution is -0.321. The van der Waals surface area contributed by atoms with Gasteiger partial charge >= 0.3 is 0 Å². The quantitative estimate of drug-likeness (QED) is 0.839. The van der Waals surface area contributed by atoms with E-state index in [2.05, 4.69) is 0 Å². The van der Waals surface area contributed by atoms with Crippen LogP contribution in [0, 0.1) is 5.41 Å². The van der Waals surface area contributed by atoms with Crippen LogP contribution in [0.3, 0.4) is 0 Å². The molecule has 1 aromatic carbocycles. The van der Waals surface area contributed by atoms with Gasteiger partial charge in [0.05, 0.1) is 12.7 Å². The first-order valence-corrected chi connectivity index (χ1v) is 5.94. The highest BCUT2D eigenvalue weighted by Crippen LogP contribution is 2.47. The topological polar surface area (TPSA) is 49.7 Å². The van der Waals surface area contributed by atoms with Crippen LogP contribution in [0.15, 0.2) is 30.3 Å². The largest absolute Gasteiger partial charge is 0.396 e. The number of aliphatic hydroxyl groups is 2. The Morgan fingerprint density at radius 2 is 1.88 bits per heavy atom. The monoisotopic (exact) mass is 236 g/mol. The van der Waals surface area contributed by atoms with Gasteiger partial charge in [0, 0.05) is 5.41 Å². The van der Waals surface area contributed by atoms with E-state index in [-0.39, 0.29) is 12.7 Å². The fourth-order valence-corrected chi connectivity index (χ4v) is 2.30. The van der Waals surface area contributed by atoms with Gasteiger partial charge in [0.25, 0.3) is 0 Å². The van der Waals surface area contributed by atoms with Crippen LogP contribution in [0.2, 0.25) is 0 Å². The summed E-state index contributed by atoms with van der Waals surface area (Å²) in [6.45, 7) is 5.67. The summed E-state index contributed by atoms with van der Waals surface area (Å²) < 4.78 is 5.87. The van der Waals surface area contributed by atoms with Gasteiger partial charge in [0.15, 0.2) is 0 Å². The molecule has 0 radical (unpaired) electrons. The number of hydrogen-bond acceptors (Lipinski definition) is 3. The number of rotatable bonds is 3. The standard InChI is InChI=1S/C14H20O3/c1-13(2,9-15)12-11(16)14(3,17-12)10-7-5-4-6-8-10/h4-8,11-12,15-16H,9H2,1-3H3/t11-,12-,14-/m0/s1. The van der Waals surface area contributed by atoms with E-state index in [9.17, 15) is 10.2 Å². The van der Waals surface area contributed by atoms with Gasteiger partial charge in [-0.1, -0.05) is 44.2 Å². The molecule has 3 nitrogen and oxygen atoms in total. The minimum Gasteiger partial charge on any atom is -0.396 e. The highest BCUT2D eigenvalue weighted by Gasteiger charge is 2.57. The molecule has 0 aliphatic carbocycles. The summed E-state index contributed by atoms with van der Waals surface area (Å²) in [7, 11) is 0. The lowest BCUT2D eigenvalue weighted by atomic mass is 9.71. The summed E-state index contributed by atoms with van der Waals surface area (Å²) >= 11 is 0. The average Bonchev–Trinajstić information content (AvgIpc) is 2.36. The smallest absolute Gasteiger partial charge is 0.119 e. The van der Waals surface area contributed by atoms with Crippen LogP contribution in [0.1, 0.15) is 26.3 Å². The minimum absolute atomic E-state index is 0.000400. The molecule has 0 bridgehead atoms. The Kier molecular flexibility index (Phi) is 3.02. The first kappa shape index (κ1) is 12.6. The Balaban J connectivity index is 2.19. The zero-order valence-electron chi connectivity index (χ0n) is 10.6. The first-order valence-electron chi connectivity index (χ1n) is 5.94. The van der Waals surface area contributed by atoms with Gasteiger partial charge in [0.2, 0.25) is 0 Å². The molecule has 0 saturated carbocycles. The molecule has 3 heteroatoms. The third-order valence-electron chi connectivity index (χ3n) is 3.75. The zero-order valence-corrected chi connectivity index (χ0v) is 10.6. The normalized spacial score (nSPS) is 33.2. The van der Waals surface area contributed by atoms with Crippen molar-refractivity contribution in [2.24, 2.45) is 5.41 Å². The van der Waals surface area contributed by atoms with Gasteiger partial charge in [-0.05, 0) is 12.5 Å². The summed E-state index contributed by atoms with van der Waals surface area (Å²) in [6.07, 6.45) is -0.912. The van der Waals surface area contributed by atoms with Crippen molar-refractivity contribution >= 4 is 0 Å². The van der Waals surface area contributed by atoms with Crippen molar-refractivity contribution in [3.8, 4) is 0 Å². The van der Waals surface area contributed by atoms with Gasteiger partial charge in [0.1, 0.15) is 11.7 Å². The third-order valence-corrected chi connectivity index (χ3v) is 3.75. The van der Waals surface area contributed by atoms with Crippen molar-refractivity contribution in [3.63, 3.8) is 0 Å². The summed E-state index contributed by atoms with van der Waals surface area (Å²) in [5.74, 6) is 0. The maximum Gasteiger partial charge on any atom is 0.119 e. The van der Waals surface area contributed by atoms with E-state index in [0.29, 0.717) is 0 Å². The second-order valence-electron chi connectivity index (χ2n) is 5.60. The fraction of sp³-hybridized carbons (Fsp3) is 0.571. The molecular weight excluding hydrogens is 216 g/mol. The third kappa shape index (κ3) is 1.88. The molecule has 2 rings (SSSR count). The molecule has 17 heavy (non-hydrogen) atoms. The Morgan fingerprint density at radius 3 is 2.35 bits per heavy atom. The second-order valence-corrected chi connectivity index (χ2v) is 5.60. The van der Waals surface area contributed by atoms with E-state index in [0.717, 1.165) is 5.56 Å². The van der Waals surface area contributed by atoms with Crippen LogP contribution < -0.4 is 0 Å². The van der Waals surface area contributed by atoms with Gasteiger partial charge in [-0.2, -0.15) is 0 Å². The van der Waals surface area contributed by atoms with E-state index < -0.39 is 17.1 Å². The van der Waals surface area contributed by atoms with E-state index >= 15 is 0 Å². The Morgan fingerprint density at radius 1 is 1.29 bits per heavy atom. The van der Waals surface area contributed by atoms with Gasteiger partial charge in [-0.15, -0.1) is 0 Å². The Bertz CT molecular complexity index is 388. The summed E-state index contributed by atoms with van der Waals surface area (Å²) in [5, 5.41) is 19.6. The number of hydrogen-bond donors (Lipinski definition) is 2. The Labute approximate surface area is 102 Å². The molecule has 0 aromatic heterocycles. The molecule has 1 saturated heterocycles. The number of ether oxygens (including phenoxy) is 1. The van der Waals surface area contributed by atoms with Crippen LogP contribution in [0.4, 0.5) is 0 Å². The molecule has 94 valence electrons. The molecule has 0 amide bonds. The van der Waals surface area contributed by atoms with E-state index in [4.69, 9.17) is 4.74 Å². The number of aliphatic hydroxyl groups excluding tert-OH is 2. The first-order chi connectivity index (χ1) is 7.92. The molecule has 1 fully saturated rings. The minimum atomic E-state index is -0.654. The van der Waals surface area contributed by atoms with Gasteiger partial charge in [-0.25, -0.2) is 0 Å². The molecule has 0 unspecified atom stereocenters. The summed E-state index contributed by atoms with van der Waals surface area (Å²) in [4.78, 5) is 0. The average molecular weight is 236 g/mol. The van der Waals surface area contributed by atoms with E-state index in [1.54, 1.807) is 0 Å². The fourth-order valence-electron chi connectivity index (χ4n) is 2.30. The maximum atomic E-state index is 10.3. The SMILES string of the molecule is CC(C)(CO)[C@H]1O[C@@](C)(c2ccccc2)[C@H]1O. The molecule has 2 N–H and O–H groups in total. The molecule has 1 aliphatic rings. The van der Waals surface area contributed by atoms with E-state index in [1.165, 1.54) is 0 Å². The zero-order chi connectivity index (χ0) is 12.7. The van der Waals surface area contributed by atoms with Crippen LogP contribution in [0.25, 0.3) is 0 Å². The molecule has 1 heterocycles. The summed E-state index contributed by atoms with van der Waals surface area (Å²) in [5.41, 5.74) is -0.107. The number of benzene rings is 1. The van der Waals surface area contributed by atoms with Crippen molar-refractivity contribution in [3.05, 3.63) is 35.9 Å². The molecular formula is C14H20O3. The molecule has 3 atom stereocenters. The lowest BCUT2D eigenvalue weighted by Gasteiger charge is -2.55. The van der Waals surface area contributed by atoms with Crippen LogP contribution in [-0.4, -0.2) is 29.0 Å². The van der Waals surface area contributed by atoms with Crippen molar-refractivity contribution < 1.29 is 14.9 Å². The van der Waals surface area contributed by atoms with Crippen molar-refractivity contribution in [2.45, 2.75) is 38.6 Å². The molecule has 1 aliphatic heterocycles. The highest BCUT2D eigenvalue weighted by atomic mass is 16.6. The molecule has 1 aromatic rings. The summed E-state index contributed by atoms with van der Waals surface area (Å²) in [6, 6.07) is 9.70. The van der Waals surface area contributed by atoms with Gasteiger partial charge in [-0.3, -0.25) is 0 Å². The van der Waals surface area contributed by atoms with Gasteiger partial charge < -0.3 is 14.9 Å².